The maximum absolute atomic E-state index is 12.6. The van der Waals surface area contributed by atoms with Gasteiger partial charge in [-0.3, -0.25) is 9.89 Å². The molecule has 0 spiro atoms. The Hall–Kier alpha value is -1.52. The average molecular weight is 280 g/mol. The van der Waals surface area contributed by atoms with Crippen molar-refractivity contribution in [3.63, 3.8) is 0 Å². The number of anilines is 1. The lowest BCUT2D eigenvalue weighted by molar-refractivity contribution is 0.0697. The number of H-pyrrole nitrogens is 1. The Kier molecular flexibility index (Phi) is 6.05. The van der Waals surface area contributed by atoms with Crippen LogP contribution in [0, 0.1) is 0 Å². The van der Waals surface area contributed by atoms with E-state index in [0.29, 0.717) is 11.4 Å². The smallest absolute Gasteiger partial charge is 0.276 e. The number of unbranched alkanes of at least 4 members (excludes halogenated alkanes) is 2. The van der Waals surface area contributed by atoms with Crippen molar-refractivity contribution in [2.45, 2.75) is 65.8 Å². The van der Waals surface area contributed by atoms with Gasteiger partial charge in [-0.25, -0.2) is 0 Å². The van der Waals surface area contributed by atoms with E-state index >= 15 is 0 Å². The molecular weight excluding hydrogens is 252 g/mol. The van der Waals surface area contributed by atoms with Crippen LogP contribution in [0.1, 0.15) is 76.0 Å². The fourth-order valence-electron chi connectivity index (χ4n) is 2.23. The Balaban J connectivity index is 2.89. The first kappa shape index (κ1) is 16.5. The Bertz CT molecular complexity index is 437. The Morgan fingerprint density at radius 3 is 2.40 bits per heavy atom. The SMILES string of the molecule is CCCCCN(C(=O)c1n[nH]c(C(C)C)c1N)C(C)C. The quantitative estimate of drug-likeness (QED) is 0.753. The van der Waals surface area contributed by atoms with Gasteiger partial charge >= 0.3 is 0 Å². The first-order valence-corrected chi connectivity index (χ1v) is 7.54. The van der Waals surface area contributed by atoms with E-state index in [1.165, 1.54) is 0 Å². The fourth-order valence-corrected chi connectivity index (χ4v) is 2.23. The second-order valence-electron chi connectivity index (χ2n) is 5.85. The molecule has 20 heavy (non-hydrogen) atoms. The van der Waals surface area contributed by atoms with Crippen molar-refractivity contribution in [1.29, 1.82) is 0 Å². The van der Waals surface area contributed by atoms with Crippen LogP contribution < -0.4 is 5.73 Å². The molecule has 0 aliphatic carbocycles. The van der Waals surface area contributed by atoms with E-state index in [2.05, 4.69) is 17.1 Å². The second kappa shape index (κ2) is 7.31. The highest BCUT2D eigenvalue weighted by atomic mass is 16.2. The summed E-state index contributed by atoms with van der Waals surface area (Å²) in [5.41, 5.74) is 7.75. The lowest BCUT2D eigenvalue weighted by Crippen LogP contribution is -2.38. The van der Waals surface area contributed by atoms with Gasteiger partial charge in [0.15, 0.2) is 5.69 Å². The van der Waals surface area contributed by atoms with E-state index < -0.39 is 0 Å². The molecule has 0 aliphatic heterocycles. The van der Waals surface area contributed by atoms with Crippen molar-refractivity contribution in [1.82, 2.24) is 15.1 Å². The number of rotatable bonds is 7. The third-order valence-corrected chi connectivity index (χ3v) is 3.50. The van der Waals surface area contributed by atoms with E-state index in [0.717, 1.165) is 31.5 Å². The first-order chi connectivity index (χ1) is 9.40. The molecule has 0 saturated carbocycles. The lowest BCUT2D eigenvalue weighted by Gasteiger charge is -2.26. The van der Waals surface area contributed by atoms with E-state index in [1.807, 2.05) is 32.6 Å². The number of aromatic amines is 1. The molecule has 0 radical (unpaired) electrons. The number of carbonyl (C=O) groups is 1. The maximum atomic E-state index is 12.6. The minimum absolute atomic E-state index is 0.0725. The summed E-state index contributed by atoms with van der Waals surface area (Å²) >= 11 is 0. The number of nitrogen functional groups attached to an aromatic ring is 1. The van der Waals surface area contributed by atoms with E-state index in [9.17, 15) is 4.79 Å². The zero-order chi connectivity index (χ0) is 15.3. The predicted molar refractivity (Wildman–Crippen MR) is 82.8 cm³/mol. The topological polar surface area (TPSA) is 75.0 Å². The molecule has 5 heteroatoms. The van der Waals surface area contributed by atoms with Crippen molar-refractivity contribution in [3.05, 3.63) is 11.4 Å². The number of nitrogens with two attached hydrogens (primary N) is 1. The van der Waals surface area contributed by atoms with Crippen LogP contribution in [0.2, 0.25) is 0 Å². The Morgan fingerprint density at radius 2 is 1.95 bits per heavy atom. The third kappa shape index (κ3) is 3.74. The van der Waals surface area contributed by atoms with Gasteiger partial charge in [-0.1, -0.05) is 33.6 Å². The summed E-state index contributed by atoms with van der Waals surface area (Å²) in [5, 5.41) is 7.02. The van der Waals surface area contributed by atoms with Crippen molar-refractivity contribution in [3.8, 4) is 0 Å². The number of nitrogens with one attached hydrogen (secondary N) is 1. The monoisotopic (exact) mass is 280 g/mol. The molecule has 1 aromatic rings. The minimum atomic E-state index is -0.0725. The molecule has 1 aromatic heterocycles. The number of amides is 1. The molecule has 0 aromatic carbocycles. The van der Waals surface area contributed by atoms with Gasteiger partial charge in [-0.15, -0.1) is 0 Å². The van der Waals surface area contributed by atoms with Crippen molar-refractivity contribution >= 4 is 11.6 Å². The highest BCUT2D eigenvalue weighted by Crippen LogP contribution is 2.23. The summed E-state index contributed by atoms with van der Waals surface area (Å²) in [5.74, 6) is 0.161. The molecule has 114 valence electrons. The maximum Gasteiger partial charge on any atom is 0.276 e. The summed E-state index contributed by atoms with van der Waals surface area (Å²) in [6, 6.07) is 0.151. The zero-order valence-corrected chi connectivity index (χ0v) is 13.4. The normalized spacial score (nSPS) is 11.3. The largest absolute Gasteiger partial charge is 0.395 e. The highest BCUT2D eigenvalue weighted by molar-refractivity contribution is 5.97. The summed E-state index contributed by atoms with van der Waals surface area (Å²) in [4.78, 5) is 14.5. The number of carbonyl (C=O) groups excluding carboxylic acids is 1. The summed E-state index contributed by atoms with van der Waals surface area (Å²) < 4.78 is 0. The van der Waals surface area contributed by atoms with Gasteiger partial charge < -0.3 is 10.6 Å². The molecule has 0 aliphatic rings. The van der Waals surface area contributed by atoms with Crippen LogP contribution in [0.3, 0.4) is 0 Å². The minimum Gasteiger partial charge on any atom is -0.395 e. The second-order valence-corrected chi connectivity index (χ2v) is 5.85. The van der Waals surface area contributed by atoms with Gasteiger partial charge in [-0.05, 0) is 26.2 Å². The summed E-state index contributed by atoms with van der Waals surface area (Å²) in [6.07, 6.45) is 3.29. The van der Waals surface area contributed by atoms with Crippen LogP contribution in [0.25, 0.3) is 0 Å². The molecule has 1 amide bonds. The third-order valence-electron chi connectivity index (χ3n) is 3.50. The fraction of sp³-hybridized carbons (Fsp3) is 0.733. The predicted octanol–water partition coefficient (Wildman–Crippen LogP) is 3.16. The number of nitrogens with zero attached hydrogens (tertiary/aromatic N) is 2. The molecule has 0 atom stereocenters. The van der Waals surface area contributed by atoms with Gasteiger partial charge in [-0.2, -0.15) is 5.10 Å². The lowest BCUT2D eigenvalue weighted by atomic mass is 10.1. The molecule has 3 N–H and O–H groups in total. The number of aromatic nitrogens is 2. The van der Waals surface area contributed by atoms with Crippen molar-refractivity contribution < 1.29 is 4.79 Å². The van der Waals surface area contributed by atoms with Crippen LogP contribution in [-0.2, 0) is 0 Å². The van der Waals surface area contributed by atoms with Gasteiger partial charge in [0, 0.05) is 12.6 Å². The van der Waals surface area contributed by atoms with Gasteiger partial charge in [0.1, 0.15) is 0 Å². The Labute approximate surface area is 121 Å². The standard InChI is InChI=1S/C15H28N4O/c1-6-7-8-9-19(11(4)5)15(20)14-12(16)13(10(2)3)17-18-14/h10-11H,6-9,16H2,1-5H3,(H,17,18). The molecule has 0 saturated heterocycles. The molecular formula is C15H28N4O. The van der Waals surface area contributed by atoms with Crippen LogP contribution in [0.15, 0.2) is 0 Å². The van der Waals surface area contributed by atoms with Gasteiger partial charge in [0.25, 0.3) is 5.91 Å². The zero-order valence-electron chi connectivity index (χ0n) is 13.4. The number of hydrogen-bond donors (Lipinski definition) is 2. The summed E-state index contributed by atoms with van der Waals surface area (Å²) in [6.45, 7) is 11.0. The molecule has 1 rings (SSSR count). The van der Waals surface area contributed by atoms with Crippen LogP contribution >= 0.6 is 0 Å². The average Bonchev–Trinajstić information content (AvgIpc) is 2.75. The van der Waals surface area contributed by atoms with Crippen molar-refractivity contribution in [2.75, 3.05) is 12.3 Å². The Morgan fingerprint density at radius 1 is 1.30 bits per heavy atom. The van der Waals surface area contributed by atoms with E-state index in [4.69, 9.17) is 5.73 Å². The highest BCUT2D eigenvalue weighted by Gasteiger charge is 2.25. The van der Waals surface area contributed by atoms with Gasteiger partial charge in [0.05, 0.1) is 11.4 Å². The summed E-state index contributed by atoms with van der Waals surface area (Å²) in [7, 11) is 0. The van der Waals surface area contributed by atoms with Crippen LogP contribution in [0.5, 0.6) is 0 Å². The first-order valence-electron chi connectivity index (χ1n) is 7.54. The van der Waals surface area contributed by atoms with Crippen LogP contribution in [0.4, 0.5) is 5.69 Å². The van der Waals surface area contributed by atoms with E-state index in [-0.39, 0.29) is 17.9 Å². The molecule has 0 fully saturated rings. The molecule has 0 unspecified atom stereocenters. The molecule has 5 nitrogen and oxygen atoms in total. The molecule has 1 heterocycles. The van der Waals surface area contributed by atoms with Gasteiger partial charge in [0.2, 0.25) is 0 Å². The van der Waals surface area contributed by atoms with Crippen LogP contribution in [-0.4, -0.2) is 33.6 Å². The molecule has 0 bridgehead atoms. The van der Waals surface area contributed by atoms with E-state index in [1.54, 1.807) is 0 Å². The van der Waals surface area contributed by atoms with Crippen molar-refractivity contribution in [2.24, 2.45) is 0 Å². The number of hydrogen-bond acceptors (Lipinski definition) is 3.